The molecule has 0 saturated heterocycles. The van der Waals surface area contributed by atoms with Crippen molar-refractivity contribution in [3.8, 4) is 5.75 Å². The number of amides is 1. The molecule has 0 aliphatic carbocycles. The Morgan fingerprint density at radius 1 is 1.33 bits per heavy atom. The van der Waals surface area contributed by atoms with Gasteiger partial charge in [0.2, 0.25) is 5.91 Å². The first kappa shape index (κ1) is 15.3. The van der Waals surface area contributed by atoms with Gasteiger partial charge >= 0.3 is 4.87 Å². The zero-order valence-corrected chi connectivity index (χ0v) is 13.1. The minimum atomic E-state index is -0.231. The van der Waals surface area contributed by atoms with Crippen LogP contribution in [-0.2, 0) is 11.3 Å². The zero-order chi connectivity index (χ0) is 15.6. The number of nitrogens with one attached hydrogen (secondary N) is 1. The highest BCUT2D eigenvalue weighted by atomic mass is 32.1. The van der Waals surface area contributed by atoms with E-state index in [1.807, 2.05) is 13.8 Å². The van der Waals surface area contributed by atoms with Crippen molar-refractivity contribution in [1.29, 1.82) is 0 Å². The molecule has 1 aromatic carbocycles. The second-order valence-corrected chi connectivity index (χ2v) is 6.10. The van der Waals surface area contributed by atoms with Crippen molar-refractivity contribution in [3.05, 3.63) is 44.0 Å². The number of anilines is 1. The van der Waals surface area contributed by atoms with E-state index in [-0.39, 0.29) is 23.0 Å². The molecule has 0 fully saturated rings. The van der Waals surface area contributed by atoms with Crippen LogP contribution in [-0.4, -0.2) is 15.6 Å². The van der Waals surface area contributed by atoms with Crippen LogP contribution in [0.25, 0.3) is 0 Å². The van der Waals surface area contributed by atoms with E-state index in [9.17, 15) is 14.7 Å². The number of carbonyl (C=O) groups excluding carboxylic acids is 1. The first-order chi connectivity index (χ1) is 9.90. The third-order valence-electron chi connectivity index (χ3n) is 3.45. The summed E-state index contributed by atoms with van der Waals surface area (Å²) in [5, 5.41) is 12.5. The number of thiazole rings is 1. The molecular weight excluding hydrogens is 288 g/mol. The molecule has 1 heterocycles. The Balaban J connectivity index is 2.03. The molecule has 0 radical (unpaired) electrons. The fourth-order valence-corrected chi connectivity index (χ4v) is 2.89. The van der Waals surface area contributed by atoms with Crippen molar-refractivity contribution < 1.29 is 9.90 Å². The molecule has 0 atom stereocenters. The van der Waals surface area contributed by atoms with Gasteiger partial charge in [-0.05, 0) is 32.4 Å². The molecule has 0 bridgehead atoms. The van der Waals surface area contributed by atoms with E-state index >= 15 is 0 Å². The predicted octanol–water partition coefficient (Wildman–Crippen LogP) is 2.57. The van der Waals surface area contributed by atoms with E-state index < -0.39 is 0 Å². The summed E-state index contributed by atoms with van der Waals surface area (Å²) in [5.74, 6) is -0.156. The molecule has 21 heavy (non-hydrogen) atoms. The molecule has 0 aliphatic rings. The molecule has 6 heteroatoms. The molecule has 5 nitrogen and oxygen atoms in total. The highest BCUT2D eigenvalue weighted by Gasteiger charge is 2.11. The molecular formula is C15H18N2O3S. The van der Waals surface area contributed by atoms with Gasteiger partial charge in [0, 0.05) is 23.5 Å². The summed E-state index contributed by atoms with van der Waals surface area (Å²) in [6.07, 6.45) is 0.185. The van der Waals surface area contributed by atoms with E-state index in [0.717, 1.165) is 10.6 Å². The lowest BCUT2D eigenvalue weighted by atomic mass is 10.2. The predicted molar refractivity (Wildman–Crippen MR) is 84.1 cm³/mol. The van der Waals surface area contributed by atoms with Crippen molar-refractivity contribution in [3.63, 3.8) is 0 Å². The summed E-state index contributed by atoms with van der Waals surface area (Å²) in [6.45, 7) is 5.87. The summed E-state index contributed by atoms with van der Waals surface area (Å²) in [7, 11) is 0. The summed E-state index contributed by atoms with van der Waals surface area (Å²) in [4.78, 5) is 24.6. The molecule has 1 aromatic heterocycles. The minimum Gasteiger partial charge on any atom is -0.505 e. The van der Waals surface area contributed by atoms with Crippen LogP contribution >= 0.6 is 11.3 Å². The fraction of sp³-hybridized carbons (Fsp3) is 0.333. The number of nitrogens with zero attached hydrogens (tertiary/aromatic N) is 1. The van der Waals surface area contributed by atoms with Crippen LogP contribution in [0.15, 0.2) is 23.0 Å². The third-order valence-corrected chi connectivity index (χ3v) is 4.45. The van der Waals surface area contributed by atoms with Crippen LogP contribution in [0.1, 0.15) is 22.6 Å². The smallest absolute Gasteiger partial charge is 0.307 e. The van der Waals surface area contributed by atoms with Gasteiger partial charge in [-0.3, -0.25) is 9.59 Å². The monoisotopic (exact) mass is 306 g/mol. The number of hydrogen-bond acceptors (Lipinski definition) is 4. The van der Waals surface area contributed by atoms with Gasteiger partial charge in [-0.25, -0.2) is 0 Å². The second kappa shape index (κ2) is 6.13. The Morgan fingerprint density at radius 2 is 2.05 bits per heavy atom. The van der Waals surface area contributed by atoms with Crippen LogP contribution in [0.5, 0.6) is 5.75 Å². The van der Waals surface area contributed by atoms with Gasteiger partial charge in [0.05, 0.1) is 5.69 Å². The summed E-state index contributed by atoms with van der Waals surface area (Å²) in [6, 6.07) is 5.18. The Hall–Kier alpha value is -2.08. The number of aryl methyl sites for hydroxylation is 2. The van der Waals surface area contributed by atoms with E-state index in [2.05, 4.69) is 5.32 Å². The van der Waals surface area contributed by atoms with E-state index in [1.165, 1.54) is 11.3 Å². The van der Waals surface area contributed by atoms with Crippen LogP contribution in [0.2, 0.25) is 0 Å². The average Bonchev–Trinajstić information content (AvgIpc) is 2.67. The van der Waals surface area contributed by atoms with Gasteiger partial charge in [-0.2, -0.15) is 0 Å². The summed E-state index contributed by atoms with van der Waals surface area (Å²) >= 11 is 1.19. The number of hydrogen-bond donors (Lipinski definition) is 2. The molecule has 2 rings (SSSR count). The molecule has 1 amide bonds. The number of phenols is 1. The van der Waals surface area contributed by atoms with Crippen molar-refractivity contribution >= 4 is 22.9 Å². The van der Waals surface area contributed by atoms with Gasteiger partial charge in [-0.15, -0.1) is 0 Å². The lowest BCUT2D eigenvalue weighted by molar-refractivity contribution is -0.116. The van der Waals surface area contributed by atoms with Crippen LogP contribution in [0, 0.1) is 20.8 Å². The second-order valence-electron chi connectivity index (χ2n) is 4.93. The number of phenolic OH excluding ortho intramolecular Hbond substituents is 1. The largest absolute Gasteiger partial charge is 0.505 e. The molecule has 0 saturated carbocycles. The standard InChI is InChI=1S/C15H18N2O3S/c1-9-5-4-6-12(14(9)19)16-13(18)7-8-17-10(2)11(3)21-15(17)20/h4-6,19H,7-8H2,1-3H3,(H,16,18). The Bertz CT molecular complexity index is 731. The lowest BCUT2D eigenvalue weighted by Crippen LogP contribution is -2.20. The van der Waals surface area contributed by atoms with Crippen LogP contribution < -0.4 is 10.2 Å². The fourth-order valence-electron chi connectivity index (χ4n) is 2.03. The van der Waals surface area contributed by atoms with Crippen molar-refractivity contribution in [1.82, 2.24) is 4.57 Å². The number of benzene rings is 1. The van der Waals surface area contributed by atoms with Crippen molar-refractivity contribution in [2.24, 2.45) is 0 Å². The molecule has 112 valence electrons. The molecule has 2 aromatic rings. The molecule has 2 N–H and O–H groups in total. The number of aromatic hydroxyl groups is 1. The number of aromatic nitrogens is 1. The Kier molecular flexibility index (Phi) is 4.47. The van der Waals surface area contributed by atoms with Crippen LogP contribution in [0.4, 0.5) is 5.69 Å². The average molecular weight is 306 g/mol. The maximum atomic E-state index is 11.9. The van der Waals surface area contributed by atoms with Crippen molar-refractivity contribution in [2.45, 2.75) is 33.7 Å². The van der Waals surface area contributed by atoms with E-state index in [1.54, 1.807) is 29.7 Å². The summed E-state index contributed by atoms with van der Waals surface area (Å²) in [5.41, 5.74) is 2.00. The topological polar surface area (TPSA) is 71.3 Å². The Morgan fingerprint density at radius 3 is 2.67 bits per heavy atom. The van der Waals surface area contributed by atoms with Gasteiger partial charge < -0.3 is 15.0 Å². The number of para-hydroxylation sites is 1. The van der Waals surface area contributed by atoms with E-state index in [4.69, 9.17) is 0 Å². The highest BCUT2D eigenvalue weighted by Crippen LogP contribution is 2.26. The number of rotatable bonds is 4. The molecule has 0 unspecified atom stereocenters. The normalized spacial score (nSPS) is 10.6. The minimum absolute atomic E-state index is 0.0452. The van der Waals surface area contributed by atoms with Gasteiger partial charge in [0.25, 0.3) is 0 Å². The van der Waals surface area contributed by atoms with E-state index in [0.29, 0.717) is 17.8 Å². The zero-order valence-electron chi connectivity index (χ0n) is 12.3. The summed E-state index contributed by atoms with van der Waals surface area (Å²) < 4.78 is 1.61. The van der Waals surface area contributed by atoms with Gasteiger partial charge in [0.15, 0.2) is 0 Å². The van der Waals surface area contributed by atoms with Crippen molar-refractivity contribution in [2.75, 3.05) is 5.32 Å². The SMILES string of the molecule is Cc1cccc(NC(=O)CCn2c(C)c(C)sc2=O)c1O. The highest BCUT2D eigenvalue weighted by molar-refractivity contribution is 7.09. The number of carbonyl (C=O) groups is 1. The lowest BCUT2D eigenvalue weighted by Gasteiger charge is -2.09. The maximum absolute atomic E-state index is 11.9. The maximum Gasteiger partial charge on any atom is 0.307 e. The van der Waals surface area contributed by atoms with Gasteiger partial charge in [-0.1, -0.05) is 23.5 Å². The molecule has 0 aliphatic heterocycles. The Labute approximate surface area is 126 Å². The third kappa shape index (κ3) is 3.33. The van der Waals surface area contributed by atoms with Gasteiger partial charge in [0.1, 0.15) is 5.75 Å². The van der Waals surface area contributed by atoms with Crippen LogP contribution in [0.3, 0.4) is 0 Å². The molecule has 0 spiro atoms. The quantitative estimate of drug-likeness (QED) is 0.853. The first-order valence-electron chi connectivity index (χ1n) is 6.65. The first-order valence-corrected chi connectivity index (χ1v) is 7.47.